The number of benzene rings is 2. The maximum Gasteiger partial charge on any atom is 0.161 e. The third-order valence-electron chi connectivity index (χ3n) is 5.73. The normalized spacial score (nSPS) is 21.7. The Balaban J connectivity index is 1.50. The van der Waals surface area contributed by atoms with Crippen molar-refractivity contribution in [2.75, 3.05) is 20.2 Å². The second-order valence-electron chi connectivity index (χ2n) is 7.55. The molecule has 1 aliphatic carbocycles. The van der Waals surface area contributed by atoms with E-state index in [4.69, 9.17) is 9.47 Å². The molecule has 1 aliphatic heterocycles. The Morgan fingerprint density at radius 3 is 2.59 bits per heavy atom. The van der Waals surface area contributed by atoms with E-state index >= 15 is 0 Å². The predicted octanol–water partition coefficient (Wildman–Crippen LogP) is 5.31. The molecule has 142 valence electrons. The lowest BCUT2D eigenvalue weighted by Gasteiger charge is -2.42. The first-order valence-electron chi connectivity index (χ1n) is 10.1. The van der Waals surface area contributed by atoms with Gasteiger partial charge in [0.1, 0.15) is 6.61 Å². The maximum absolute atomic E-state index is 5.99. The lowest BCUT2D eigenvalue weighted by atomic mass is 9.86. The first-order chi connectivity index (χ1) is 13.3. The number of hydrogen-bond donors (Lipinski definition) is 0. The molecule has 1 unspecified atom stereocenters. The van der Waals surface area contributed by atoms with Crippen LogP contribution in [0.25, 0.3) is 6.08 Å². The fourth-order valence-electron chi connectivity index (χ4n) is 4.10. The van der Waals surface area contributed by atoms with Crippen molar-refractivity contribution in [3.05, 3.63) is 65.2 Å². The summed E-state index contributed by atoms with van der Waals surface area (Å²) in [4.78, 5) is 2.64. The van der Waals surface area contributed by atoms with Crippen LogP contribution in [0.15, 0.2) is 54.1 Å². The van der Waals surface area contributed by atoms with Gasteiger partial charge in [-0.3, -0.25) is 4.90 Å². The van der Waals surface area contributed by atoms with E-state index in [1.54, 1.807) is 12.7 Å². The highest BCUT2D eigenvalue weighted by Gasteiger charge is 2.28. The zero-order valence-corrected chi connectivity index (χ0v) is 16.2. The summed E-state index contributed by atoms with van der Waals surface area (Å²) in [6.07, 6.45) is 8.92. The quantitative estimate of drug-likeness (QED) is 0.694. The van der Waals surface area contributed by atoms with Crippen LogP contribution in [-0.2, 0) is 6.61 Å². The van der Waals surface area contributed by atoms with Gasteiger partial charge in [-0.05, 0) is 62.0 Å². The van der Waals surface area contributed by atoms with Crippen molar-refractivity contribution >= 4 is 6.08 Å². The van der Waals surface area contributed by atoms with Crippen molar-refractivity contribution in [3.63, 3.8) is 0 Å². The molecule has 2 aliphatic rings. The number of rotatable bonds is 6. The summed E-state index contributed by atoms with van der Waals surface area (Å²) in [6, 6.07) is 17.2. The van der Waals surface area contributed by atoms with Crippen molar-refractivity contribution in [1.82, 2.24) is 4.90 Å². The van der Waals surface area contributed by atoms with Gasteiger partial charge in [-0.1, -0.05) is 54.5 Å². The van der Waals surface area contributed by atoms with Gasteiger partial charge in [0.25, 0.3) is 0 Å². The Hall–Kier alpha value is -2.26. The molecule has 2 aromatic rings. The average molecular weight is 364 g/mol. The molecule has 1 atom stereocenters. The second-order valence-corrected chi connectivity index (χ2v) is 7.55. The standard InChI is InChI=1S/C24H29NO2/c1-26-24-17-20(12-13-23(24)27-18-19-8-3-2-4-9-19)16-21-10-5-6-11-22(21)25-14-7-15-25/h2-4,8-9,12-13,16-17,22H,5-7,10-11,14-15,18H2,1H3/b21-16-. The van der Waals surface area contributed by atoms with Gasteiger partial charge in [0.2, 0.25) is 0 Å². The molecule has 1 saturated heterocycles. The smallest absolute Gasteiger partial charge is 0.161 e. The van der Waals surface area contributed by atoms with Crippen LogP contribution in [0.3, 0.4) is 0 Å². The third kappa shape index (κ3) is 4.36. The predicted molar refractivity (Wildman–Crippen MR) is 110 cm³/mol. The van der Waals surface area contributed by atoms with Crippen molar-refractivity contribution in [2.24, 2.45) is 0 Å². The van der Waals surface area contributed by atoms with E-state index in [2.05, 4.69) is 35.2 Å². The fourth-order valence-corrected chi connectivity index (χ4v) is 4.10. The molecule has 1 saturated carbocycles. The minimum absolute atomic E-state index is 0.550. The fraction of sp³-hybridized carbons (Fsp3) is 0.417. The van der Waals surface area contributed by atoms with Gasteiger partial charge >= 0.3 is 0 Å². The van der Waals surface area contributed by atoms with Crippen LogP contribution >= 0.6 is 0 Å². The number of hydrogen-bond acceptors (Lipinski definition) is 3. The summed E-state index contributed by atoms with van der Waals surface area (Å²) in [6.45, 7) is 3.07. The van der Waals surface area contributed by atoms with Crippen molar-refractivity contribution < 1.29 is 9.47 Å². The Bertz CT molecular complexity index is 780. The Labute approximate surface area is 162 Å². The molecular weight excluding hydrogens is 334 g/mol. The van der Waals surface area contributed by atoms with Gasteiger partial charge in [0.15, 0.2) is 11.5 Å². The van der Waals surface area contributed by atoms with E-state index in [9.17, 15) is 0 Å². The molecule has 4 rings (SSSR count). The Morgan fingerprint density at radius 1 is 1.00 bits per heavy atom. The molecule has 0 aromatic heterocycles. The zero-order valence-electron chi connectivity index (χ0n) is 16.2. The summed E-state index contributed by atoms with van der Waals surface area (Å²) in [5.41, 5.74) is 3.95. The molecule has 0 spiro atoms. The maximum atomic E-state index is 5.99. The number of methoxy groups -OCH3 is 1. The van der Waals surface area contributed by atoms with Gasteiger partial charge in [0, 0.05) is 6.04 Å². The highest BCUT2D eigenvalue weighted by atomic mass is 16.5. The summed E-state index contributed by atoms with van der Waals surface area (Å²) in [5.74, 6) is 1.60. The van der Waals surface area contributed by atoms with Gasteiger partial charge in [-0.25, -0.2) is 0 Å². The van der Waals surface area contributed by atoms with Crippen LogP contribution in [0, 0.1) is 0 Å². The highest BCUT2D eigenvalue weighted by molar-refractivity contribution is 5.59. The third-order valence-corrected chi connectivity index (χ3v) is 5.73. The van der Waals surface area contributed by atoms with Gasteiger partial charge < -0.3 is 9.47 Å². The molecule has 0 N–H and O–H groups in total. The number of likely N-dealkylation sites (tertiary alicyclic amines) is 1. The number of ether oxygens (including phenoxy) is 2. The van der Waals surface area contributed by atoms with E-state index in [1.807, 2.05) is 24.3 Å². The second kappa shape index (κ2) is 8.62. The molecule has 0 bridgehead atoms. The summed E-state index contributed by atoms with van der Waals surface area (Å²) < 4.78 is 11.6. The minimum atomic E-state index is 0.550. The lowest BCUT2D eigenvalue weighted by Crippen LogP contribution is -2.46. The van der Waals surface area contributed by atoms with Gasteiger partial charge in [0.05, 0.1) is 7.11 Å². The molecule has 0 amide bonds. The zero-order chi connectivity index (χ0) is 18.5. The molecule has 1 heterocycles. The minimum Gasteiger partial charge on any atom is -0.493 e. The van der Waals surface area contributed by atoms with E-state index in [0.29, 0.717) is 12.6 Å². The molecule has 3 nitrogen and oxygen atoms in total. The lowest BCUT2D eigenvalue weighted by molar-refractivity contribution is 0.121. The SMILES string of the molecule is COc1cc(/C=C2/CCCCC2N2CCC2)ccc1OCc1ccccc1. The van der Waals surface area contributed by atoms with Crippen molar-refractivity contribution in [3.8, 4) is 11.5 Å². The molecule has 2 fully saturated rings. The van der Waals surface area contributed by atoms with Crippen molar-refractivity contribution in [2.45, 2.75) is 44.8 Å². The Morgan fingerprint density at radius 2 is 1.85 bits per heavy atom. The van der Waals surface area contributed by atoms with Crippen LogP contribution < -0.4 is 9.47 Å². The molecule has 3 heteroatoms. The average Bonchev–Trinajstić information content (AvgIpc) is 2.68. The van der Waals surface area contributed by atoms with E-state index in [0.717, 1.165) is 17.1 Å². The summed E-state index contributed by atoms with van der Waals surface area (Å²) in [7, 11) is 1.71. The molecule has 0 radical (unpaired) electrons. The van der Waals surface area contributed by atoms with E-state index < -0.39 is 0 Å². The van der Waals surface area contributed by atoms with Gasteiger partial charge in [-0.15, -0.1) is 0 Å². The van der Waals surface area contributed by atoms with Crippen LogP contribution in [0.4, 0.5) is 0 Å². The highest BCUT2D eigenvalue weighted by Crippen LogP contribution is 2.34. The first kappa shape index (κ1) is 18.1. The van der Waals surface area contributed by atoms with Crippen molar-refractivity contribution in [1.29, 1.82) is 0 Å². The first-order valence-corrected chi connectivity index (χ1v) is 10.1. The molecule has 27 heavy (non-hydrogen) atoms. The summed E-state index contributed by atoms with van der Waals surface area (Å²) >= 11 is 0. The molecule has 2 aromatic carbocycles. The summed E-state index contributed by atoms with van der Waals surface area (Å²) in [5, 5.41) is 0. The topological polar surface area (TPSA) is 21.7 Å². The molecular formula is C24H29NO2. The largest absolute Gasteiger partial charge is 0.493 e. The monoisotopic (exact) mass is 363 g/mol. The Kier molecular flexibility index (Phi) is 5.78. The van der Waals surface area contributed by atoms with Crippen LogP contribution in [0.2, 0.25) is 0 Å². The van der Waals surface area contributed by atoms with Gasteiger partial charge in [-0.2, -0.15) is 0 Å². The van der Waals surface area contributed by atoms with Crippen LogP contribution in [0.5, 0.6) is 11.5 Å². The van der Waals surface area contributed by atoms with E-state index in [1.165, 1.54) is 50.8 Å². The number of nitrogens with zero attached hydrogens (tertiary/aromatic N) is 1. The van der Waals surface area contributed by atoms with Crippen LogP contribution in [-0.4, -0.2) is 31.1 Å². The van der Waals surface area contributed by atoms with E-state index in [-0.39, 0.29) is 0 Å². The van der Waals surface area contributed by atoms with Crippen LogP contribution in [0.1, 0.15) is 43.2 Å².